The number of nitrogens with two attached hydrogens (primary N) is 1. The zero-order valence-corrected chi connectivity index (χ0v) is 10.4. The van der Waals surface area contributed by atoms with Crippen LogP contribution in [0.4, 0.5) is 0 Å². The van der Waals surface area contributed by atoms with Gasteiger partial charge in [-0.15, -0.1) is 0 Å². The summed E-state index contributed by atoms with van der Waals surface area (Å²) in [6.45, 7) is 8.87. The SMILES string of the molecule is CC1CC(C)(C)CC(N)(C2CCOC2)C1. The summed E-state index contributed by atoms with van der Waals surface area (Å²) in [5.74, 6) is 1.36. The van der Waals surface area contributed by atoms with Gasteiger partial charge in [0.2, 0.25) is 0 Å². The van der Waals surface area contributed by atoms with E-state index < -0.39 is 0 Å². The Morgan fingerprint density at radius 1 is 1.27 bits per heavy atom. The molecule has 2 heteroatoms. The third kappa shape index (κ3) is 2.36. The average Bonchev–Trinajstić information content (AvgIpc) is 2.49. The molecule has 0 amide bonds. The summed E-state index contributed by atoms with van der Waals surface area (Å²) in [4.78, 5) is 0. The summed E-state index contributed by atoms with van der Waals surface area (Å²) < 4.78 is 5.50. The van der Waals surface area contributed by atoms with Gasteiger partial charge >= 0.3 is 0 Å². The molecule has 3 atom stereocenters. The molecule has 15 heavy (non-hydrogen) atoms. The van der Waals surface area contributed by atoms with Crippen molar-refractivity contribution in [3.8, 4) is 0 Å². The van der Waals surface area contributed by atoms with E-state index in [9.17, 15) is 0 Å². The first-order valence-corrected chi connectivity index (χ1v) is 6.28. The van der Waals surface area contributed by atoms with E-state index in [2.05, 4.69) is 20.8 Å². The second-order valence-electron chi connectivity index (χ2n) is 6.65. The number of hydrogen-bond donors (Lipinski definition) is 1. The molecule has 0 aromatic heterocycles. The van der Waals surface area contributed by atoms with Gasteiger partial charge in [-0.3, -0.25) is 0 Å². The largest absolute Gasteiger partial charge is 0.381 e. The van der Waals surface area contributed by atoms with Gasteiger partial charge in [0.25, 0.3) is 0 Å². The molecule has 2 rings (SSSR count). The van der Waals surface area contributed by atoms with Gasteiger partial charge in [0.15, 0.2) is 0 Å². The molecule has 2 aliphatic rings. The van der Waals surface area contributed by atoms with Crippen molar-refractivity contribution in [1.82, 2.24) is 0 Å². The first-order chi connectivity index (χ1) is 6.91. The molecule has 3 unspecified atom stereocenters. The van der Waals surface area contributed by atoms with E-state index in [1.807, 2.05) is 0 Å². The van der Waals surface area contributed by atoms with Crippen LogP contribution in [0.5, 0.6) is 0 Å². The monoisotopic (exact) mass is 211 g/mol. The van der Waals surface area contributed by atoms with Gasteiger partial charge in [0.1, 0.15) is 0 Å². The topological polar surface area (TPSA) is 35.2 Å². The zero-order valence-electron chi connectivity index (χ0n) is 10.4. The Morgan fingerprint density at radius 3 is 2.53 bits per heavy atom. The summed E-state index contributed by atoms with van der Waals surface area (Å²) in [6, 6.07) is 0. The highest BCUT2D eigenvalue weighted by Gasteiger charge is 2.45. The Kier molecular flexibility index (Phi) is 2.85. The molecule has 2 N–H and O–H groups in total. The van der Waals surface area contributed by atoms with Crippen LogP contribution in [0.2, 0.25) is 0 Å². The molecule has 0 spiro atoms. The fourth-order valence-electron chi connectivity index (χ4n) is 4.00. The van der Waals surface area contributed by atoms with E-state index in [0.717, 1.165) is 19.1 Å². The van der Waals surface area contributed by atoms with Gasteiger partial charge in [-0.25, -0.2) is 0 Å². The second kappa shape index (κ2) is 3.74. The Morgan fingerprint density at radius 2 is 2.00 bits per heavy atom. The minimum absolute atomic E-state index is 0.0394. The molecule has 1 saturated heterocycles. The van der Waals surface area contributed by atoms with Gasteiger partial charge in [-0.2, -0.15) is 0 Å². The maximum Gasteiger partial charge on any atom is 0.0512 e. The lowest BCUT2D eigenvalue weighted by molar-refractivity contribution is 0.0594. The van der Waals surface area contributed by atoms with Crippen LogP contribution in [0.3, 0.4) is 0 Å². The zero-order chi connectivity index (χ0) is 11.1. The maximum atomic E-state index is 6.65. The standard InChI is InChI=1S/C13H25NO/c1-10-6-12(2,3)9-13(14,7-10)11-4-5-15-8-11/h10-11H,4-9,14H2,1-3H3. The molecular formula is C13H25NO. The second-order valence-corrected chi connectivity index (χ2v) is 6.65. The van der Waals surface area contributed by atoms with Crippen molar-refractivity contribution < 1.29 is 4.74 Å². The number of hydrogen-bond acceptors (Lipinski definition) is 2. The number of ether oxygens (including phenoxy) is 1. The van der Waals surface area contributed by atoms with Crippen molar-refractivity contribution in [2.24, 2.45) is 23.0 Å². The van der Waals surface area contributed by atoms with Crippen molar-refractivity contribution in [2.45, 2.75) is 52.0 Å². The first kappa shape index (κ1) is 11.4. The van der Waals surface area contributed by atoms with Crippen LogP contribution in [0.15, 0.2) is 0 Å². The molecule has 1 aliphatic carbocycles. The van der Waals surface area contributed by atoms with Crippen LogP contribution in [0.1, 0.15) is 46.5 Å². The van der Waals surface area contributed by atoms with Crippen LogP contribution in [-0.4, -0.2) is 18.8 Å². The van der Waals surface area contributed by atoms with E-state index in [0.29, 0.717) is 11.3 Å². The summed E-state index contributed by atoms with van der Waals surface area (Å²) in [5, 5.41) is 0. The highest BCUT2D eigenvalue weighted by atomic mass is 16.5. The lowest BCUT2D eigenvalue weighted by Gasteiger charge is -2.48. The predicted molar refractivity (Wildman–Crippen MR) is 62.6 cm³/mol. The van der Waals surface area contributed by atoms with E-state index in [1.165, 1.54) is 25.7 Å². The molecule has 88 valence electrons. The van der Waals surface area contributed by atoms with Gasteiger partial charge in [0, 0.05) is 18.1 Å². The Balaban J connectivity index is 2.12. The van der Waals surface area contributed by atoms with Gasteiger partial charge in [-0.05, 0) is 37.0 Å². The predicted octanol–water partition coefficient (Wildman–Crippen LogP) is 2.57. The first-order valence-electron chi connectivity index (χ1n) is 6.28. The fraction of sp³-hybridized carbons (Fsp3) is 1.00. The van der Waals surface area contributed by atoms with Crippen LogP contribution in [-0.2, 0) is 4.74 Å². The van der Waals surface area contributed by atoms with Crippen molar-refractivity contribution in [3.63, 3.8) is 0 Å². The van der Waals surface area contributed by atoms with E-state index in [-0.39, 0.29) is 5.54 Å². The molecule has 0 bridgehead atoms. The smallest absolute Gasteiger partial charge is 0.0512 e. The lowest BCUT2D eigenvalue weighted by atomic mass is 9.60. The van der Waals surface area contributed by atoms with E-state index >= 15 is 0 Å². The van der Waals surface area contributed by atoms with Crippen LogP contribution in [0.25, 0.3) is 0 Å². The summed E-state index contributed by atoms with van der Waals surface area (Å²) >= 11 is 0. The third-order valence-corrected chi connectivity index (χ3v) is 4.18. The Bertz CT molecular complexity index is 233. The van der Waals surface area contributed by atoms with Crippen LogP contribution >= 0.6 is 0 Å². The number of rotatable bonds is 1. The van der Waals surface area contributed by atoms with Gasteiger partial charge in [0.05, 0.1) is 6.61 Å². The molecule has 1 aliphatic heterocycles. The summed E-state index contributed by atoms with van der Waals surface area (Å²) in [7, 11) is 0. The summed E-state index contributed by atoms with van der Waals surface area (Å²) in [5.41, 5.74) is 7.10. The molecular weight excluding hydrogens is 186 g/mol. The molecule has 0 aromatic rings. The minimum atomic E-state index is 0.0394. The molecule has 2 nitrogen and oxygen atoms in total. The average molecular weight is 211 g/mol. The van der Waals surface area contributed by atoms with Crippen molar-refractivity contribution in [3.05, 3.63) is 0 Å². The molecule has 2 fully saturated rings. The van der Waals surface area contributed by atoms with Gasteiger partial charge in [-0.1, -0.05) is 20.8 Å². The highest BCUT2D eigenvalue weighted by molar-refractivity contribution is 5.01. The highest BCUT2D eigenvalue weighted by Crippen LogP contribution is 2.47. The maximum absolute atomic E-state index is 6.65. The quantitative estimate of drug-likeness (QED) is 0.723. The van der Waals surface area contributed by atoms with E-state index in [4.69, 9.17) is 10.5 Å². The van der Waals surface area contributed by atoms with E-state index in [1.54, 1.807) is 0 Å². The molecule has 1 heterocycles. The van der Waals surface area contributed by atoms with Crippen LogP contribution < -0.4 is 5.73 Å². The summed E-state index contributed by atoms with van der Waals surface area (Å²) in [6.07, 6.45) is 4.83. The molecule has 0 radical (unpaired) electrons. The van der Waals surface area contributed by atoms with Crippen molar-refractivity contribution in [1.29, 1.82) is 0 Å². The minimum Gasteiger partial charge on any atom is -0.381 e. The van der Waals surface area contributed by atoms with Crippen LogP contribution in [0, 0.1) is 17.3 Å². The Labute approximate surface area is 93.6 Å². The lowest BCUT2D eigenvalue weighted by Crippen LogP contribution is -2.54. The normalized spacial score (nSPS) is 45.6. The molecule has 0 aromatic carbocycles. The van der Waals surface area contributed by atoms with Crippen molar-refractivity contribution in [2.75, 3.05) is 13.2 Å². The fourth-order valence-corrected chi connectivity index (χ4v) is 4.00. The third-order valence-electron chi connectivity index (χ3n) is 4.18. The Hall–Kier alpha value is -0.0800. The van der Waals surface area contributed by atoms with Gasteiger partial charge < -0.3 is 10.5 Å². The van der Waals surface area contributed by atoms with Crippen molar-refractivity contribution >= 4 is 0 Å². The molecule has 1 saturated carbocycles.